The van der Waals surface area contributed by atoms with Crippen LogP contribution in [-0.2, 0) is 17.6 Å². The van der Waals surface area contributed by atoms with Crippen LogP contribution in [0.1, 0.15) is 65.3 Å². The first-order valence-corrected chi connectivity index (χ1v) is 11.5. The van der Waals surface area contributed by atoms with Gasteiger partial charge in [-0.25, -0.2) is 4.79 Å². The Morgan fingerprint density at radius 1 is 0.935 bits per heavy atom. The Bertz CT molecular complexity index is 925. The molecule has 1 amide bonds. The maximum Gasteiger partial charge on any atom is 0.341 e. The first kappa shape index (κ1) is 22.9. The molecule has 0 radical (unpaired) electrons. The van der Waals surface area contributed by atoms with Gasteiger partial charge in [-0.3, -0.25) is 4.79 Å². The summed E-state index contributed by atoms with van der Waals surface area (Å²) in [7, 11) is 0. The van der Waals surface area contributed by atoms with Gasteiger partial charge in [-0.2, -0.15) is 0 Å². The molecule has 1 aliphatic rings. The molecule has 0 saturated heterocycles. The molecule has 3 rings (SSSR count). The summed E-state index contributed by atoms with van der Waals surface area (Å²) < 4.78 is 22.4. The minimum atomic E-state index is -0.395. The van der Waals surface area contributed by atoms with E-state index in [1.54, 1.807) is 19.1 Å². The number of nitrogens with one attached hydrogen (secondary N) is 1. The standard InChI is InChI=1S/C23H29NO6S/c1-5-27-16-12-14(13-17(28-6-2)20(16)29-7-3)21(25)24-22-19(23(26)30-8-4)15-10-9-11-18(15)31-22/h12-13H,5-11H2,1-4H3,(H,24,25). The quantitative estimate of drug-likeness (QED) is 0.524. The number of carbonyl (C=O) groups excluding carboxylic acids is 2. The fraction of sp³-hybridized carbons (Fsp3) is 0.478. The molecule has 0 aliphatic heterocycles. The van der Waals surface area contributed by atoms with Crippen LogP contribution in [-0.4, -0.2) is 38.3 Å². The number of aryl methyl sites for hydroxylation is 1. The highest BCUT2D eigenvalue weighted by molar-refractivity contribution is 7.17. The van der Waals surface area contributed by atoms with Crippen LogP contribution in [0, 0.1) is 0 Å². The highest BCUT2D eigenvalue weighted by atomic mass is 32.1. The number of carbonyl (C=O) groups is 2. The van der Waals surface area contributed by atoms with Gasteiger partial charge in [-0.1, -0.05) is 0 Å². The molecule has 0 atom stereocenters. The van der Waals surface area contributed by atoms with Gasteiger partial charge >= 0.3 is 5.97 Å². The summed E-state index contributed by atoms with van der Waals surface area (Å²) >= 11 is 1.45. The summed E-state index contributed by atoms with van der Waals surface area (Å²) in [6.45, 7) is 8.93. The topological polar surface area (TPSA) is 83.1 Å². The van der Waals surface area contributed by atoms with E-state index in [0.717, 1.165) is 29.7 Å². The minimum Gasteiger partial charge on any atom is -0.490 e. The van der Waals surface area contributed by atoms with Crippen molar-refractivity contribution in [1.29, 1.82) is 0 Å². The number of ether oxygens (including phenoxy) is 4. The normalized spacial score (nSPS) is 12.3. The summed E-state index contributed by atoms with van der Waals surface area (Å²) in [6, 6.07) is 3.27. The maximum atomic E-state index is 13.1. The Balaban J connectivity index is 1.96. The molecule has 0 fully saturated rings. The summed E-state index contributed by atoms with van der Waals surface area (Å²) in [6.07, 6.45) is 2.74. The first-order valence-electron chi connectivity index (χ1n) is 10.7. The molecular weight excluding hydrogens is 418 g/mol. The zero-order chi connectivity index (χ0) is 22.4. The third-order valence-corrected chi connectivity index (χ3v) is 6.01. The predicted molar refractivity (Wildman–Crippen MR) is 120 cm³/mol. The van der Waals surface area contributed by atoms with Gasteiger partial charge in [0.2, 0.25) is 5.75 Å². The van der Waals surface area contributed by atoms with E-state index >= 15 is 0 Å². The highest BCUT2D eigenvalue weighted by Gasteiger charge is 2.29. The van der Waals surface area contributed by atoms with Crippen molar-refractivity contribution in [1.82, 2.24) is 0 Å². The number of hydrogen-bond donors (Lipinski definition) is 1. The largest absolute Gasteiger partial charge is 0.490 e. The van der Waals surface area contributed by atoms with E-state index in [4.69, 9.17) is 18.9 Å². The minimum absolute atomic E-state index is 0.283. The second kappa shape index (κ2) is 10.5. The number of amides is 1. The van der Waals surface area contributed by atoms with E-state index in [1.165, 1.54) is 11.3 Å². The van der Waals surface area contributed by atoms with Gasteiger partial charge in [0.05, 0.1) is 32.0 Å². The number of thiophene rings is 1. The van der Waals surface area contributed by atoms with Crippen molar-refractivity contribution < 1.29 is 28.5 Å². The molecule has 1 N–H and O–H groups in total. The average Bonchev–Trinajstić information content (AvgIpc) is 3.31. The Hall–Kier alpha value is -2.74. The first-order chi connectivity index (χ1) is 15.0. The molecule has 7 nitrogen and oxygen atoms in total. The molecular formula is C23H29NO6S. The Morgan fingerprint density at radius 2 is 1.58 bits per heavy atom. The van der Waals surface area contributed by atoms with Crippen molar-refractivity contribution in [2.45, 2.75) is 47.0 Å². The zero-order valence-corrected chi connectivity index (χ0v) is 19.3. The lowest BCUT2D eigenvalue weighted by molar-refractivity contribution is 0.0527. The monoisotopic (exact) mass is 447 g/mol. The number of hydrogen-bond acceptors (Lipinski definition) is 7. The van der Waals surface area contributed by atoms with Crippen LogP contribution in [0.2, 0.25) is 0 Å². The summed E-state index contributed by atoms with van der Waals surface area (Å²) in [5.74, 6) is 0.619. The lowest BCUT2D eigenvalue weighted by Crippen LogP contribution is -2.16. The van der Waals surface area contributed by atoms with Crippen LogP contribution in [0.3, 0.4) is 0 Å². The molecule has 31 heavy (non-hydrogen) atoms. The maximum absolute atomic E-state index is 13.1. The third kappa shape index (κ3) is 4.95. The van der Waals surface area contributed by atoms with E-state index in [-0.39, 0.29) is 12.5 Å². The lowest BCUT2D eigenvalue weighted by atomic mass is 10.1. The van der Waals surface area contributed by atoms with Crippen molar-refractivity contribution in [3.8, 4) is 17.2 Å². The van der Waals surface area contributed by atoms with E-state index in [0.29, 0.717) is 53.2 Å². The van der Waals surface area contributed by atoms with Gasteiger partial charge in [0.25, 0.3) is 5.91 Å². The van der Waals surface area contributed by atoms with Gasteiger partial charge in [-0.15, -0.1) is 11.3 Å². The second-order valence-electron chi connectivity index (χ2n) is 6.84. The molecule has 0 bridgehead atoms. The third-order valence-electron chi connectivity index (χ3n) is 4.80. The van der Waals surface area contributed by atoms with Crippen LogP contribution in [0.25, 0.3) is 0 Å². The van der Waals surface area contributed by atoms with Crippen LogP contribution < -0.4 is 19.5 Å². The molecule has 168 valence electrons. The Kier molecular flexibility index (Phi) is 7.79. The molecule has 2 aromatic rings. The van der Waals surface area contributed by atoms with Crippen molar-refractivity contribution in [2.24, 2.45) is 0 Å². The molecule has 1 aliphatic carbocycles. The van der Waals surface area contributed by atoms with Crippen LogP contribution in [0.5, 0.6) is 17.2 Å². The van der Waals surface area contributed by atoms with E-state index in [9.17, 15) is 9.59 Å². The fourth-order valence-electron chi connectivity index (χ4n) is 3.61. The van der Waals surface area contributed by atoms with E-state index in [1.807, 2.05) is 20.8 Å². The van der Waals surface area contributed by atoms with Crippen molar-refractivity contribution in [3.05, 3.63) is 33.7 Å². The van der Waals surface area contributed by atoms with Gasteiger partial charge in [0.15, 0.2) is 11.5 Å². The molecule has 0 spiro atoms. The van der Waals surface area contributed by atoms with Crippen molar-refractivity contribution in [2.75, 3.05) is 31.7 Å². The Morgan fingerprint density at radius 3 is 2.16 bits per heavy atom. The number of rotatable bonds is 10. The van der Waals surface area contributed by atoms with Crippen molar-refractivity contribution >= 4 is 28.2 Å². The fourth-order valence-corrected chi connectivity index (χ4v) is 4.88. The molecule has 0 unspecified atom stereocenters. The summed E-state index contributed by atoms with van der Waals surface area (Å²) in [5.41, 5.74) is 1.84. The average molecular weight is 448 g/mol. The zero-order valence-electron chi connectivity index (χ0n) is 18.5. The number of esters is 1. The van der Waals surface area contributed by atoms with Crippen LogP contribution in [0.15, 0.2) is 12.1 Å². The number of anilines is 1. The molecule has 1 aromatic carbocycles. The van der Waals surface area contributed by atoms with Gasteiger partial charge < -0.3 is 24.3 Å². The van der Waals surface area contributed by atoms with Gasteiger partial charge in [0.1, 0.15) is 5.00 Å². The molecule has 8 heteroatoms. The van der Waals surface area contributed by atoms with Crippen molar-refractivity contribution in [3.63, 3.8) is 0 Å². The highest BCUT2D eigenvalue weighted by Crippen LogP contribution is 2.41. The van der Waals surface area contributed by atoms with Gasteiger partial charge in [-0.05, 0) is 64.7 Å². The number of benzene rings is 1. The van der Waals surface area contributed by atoms with E-state index < -0.39 is 5.97 Å². The Labute approximate surface area is 186 Å². The predicted octanol–water partition coefficient (Wildman–Crippen LogP) is 4.86. The lowest BCUT2D eigenvalue weighted by Gasteiger charge is -2.17. The van der Waals surface area contributed by atoms with E-state index in [2.05, 4.69) is 5.32 Å². The smallest absolute Gasteiger partial charge is 0.341 e. The molecule has 1 heterocycles. The SMILES string of the molecule is CCOC(=O)c1c(NC(=O)c2cc(OCC)c(OCC)c(OCC)c2)sc2c1CCC2. The second-order valence-corrected chi connectivity index (χ2v) is 7.94. The van der Waals surface area contributed by atoms with Crippen LogP contribution >= 0.6 is 11.3 Å². The van der Waals surface area contributed by atoms with Gasteiger partial charge in [0, 0.05) is 10.4 Å². The summed E-state index contributed by atoms with van der Waals surface area (Å²) in [4.78, 5) is 26.9. The summed E-state index contributed by atoms with van der Waals surface area (Å²) in [5, 5.41) is 3.44. The molecule has 1 aromatic heterocycles. The number of fused-ring (bicyclic) bond motifs is 1. The molecule has 0 saturated carbocycles. The van der Waals surface area contributed by atoms with Crippen LogP contribution in [0.4, 0.5) is 5.00 Å².